The summed E-state index contributed by atoms with van der Waals surface area (Å²) in [5.41, 5.74) is 2.51. The van der Waals surface area contributed by atoms with E-state index in [0.717, 1.165) is 10.6 Å². The summed E-state index contributed by atoms with van der Waals surface area (Å²) in [6.07, 6.45) is 2.91. The van der Waals surface area contributed by atoms with Gasteiger partial charge in [0.2, 0.25) is 0 Å². The largest absolute Gasteiger partial charge is 0.381 e. The minimum atomic E-state index is -0.563. The Morgan fingerprint density at radius 3 is 3.08 bits per heavy atom. The van der Waals surface area contributed by atoms with Gasteiger partial charge in [0.1, 0.15) is 6.10 Å². The van der Waals surface area contributed by atoms with Crippen LogP contribution < -0.4 is 0 Å². The molecule has 0 aromatic carbocycles. The van der Waals surface area contributed by atoms with Crippen molar-refractivity contribution in [2.24, 2.45) is 0 Å². The molecule has 2 aromatic rings. The van der Waals surface area contributed by atoms with Crippen molar-refractivity contribution in [3.05, 3.63) is 40.6 Å². The first kappa shape index (κ1) is 7.52. The molecule has 2 heterocycles. The summed E-state index contributed by atoms with van der Waals surface area (Å²) in [4.78, 5) is 7.71. The minimum absolute atomic E-state index is 0.563. The number of hydrogen-bond donors (Lipinski definition) is 2. The molecule has 2 aromatic heterocycles. The van der Waals surface area contributed by atoms with Crippen molar-refractivity contribution in [2.75, 3.05) is 0 Å². The van der Waals surface area contributed by atoms with Crippen molar-refractivity contribution in [3.8, 4) is 0 Å². The van der Waals surface area contributed by atoms with E-state index in [-0.39, 0.29) is 0 Å². The summed E-state index contributed by atoms with van der Waals surface area (Å²) in [7, 11) is 0. The minimum Gasteiger partial charge on any atom is -0.381 e. The van der Waals surface area contributed by atoms with Gasteiger partial charge in [-0.05, 0) is 12.1 Å². The SMILES string of the molecule is OC(c1ccc[nH]1)c1cncs1. The lowest BCUT2D eigenvalue weighted by Gasteiger charge is -2.03. The fourth-order valence-electron chi connectivity index (χ4n) is 1.03. The molecular weight excluding hydrogens is 172 g/mol. The van der Waals surface area contributed by atoms with Gasteiger partial charge in [0.25, 0.3) is 0 Å². The number of thiazole rings is 1. The van der Waals surface area contributed by atoms with Crippen molar-refractivity contribution < 1.29 is 5.11 Å². The van der Waals surface area contributed by atoms with Crippen LogP contribution in [0.15, 0.2) is 30.0 Å². The van der Waals surface area contributed by atoms with E-state index >= 15 is 0 Å². The molecule has 3 nitrogen and oxygen atoms in total. The number of aromatic nitrogens is 2. The molecule has 0 saturated carbocycles. The average Bonchev–Trinajstić information content (AvgIpc) is 2.77. The average molecular weight is 180 g/mol. The molecule has 0 bridgehead atoms. The molecule has 4 heteroatoms. The van der Waals surface area contributed by atoms with Gasteiger partial charge in [-0.2, -0.15) is 0 Å². The number of aliphatic hydroxyl groups is 1. The smallest absolute Gasteiger partial charge is 0.129 e. The monoisotopic (exact) mass is 180 g/mol. The van der Waals surface area contributed by atoms with Gasteiger partial charge >= 0.3 is 0 Å². The summed E-state index contributed by atoms with van der Waals surface area (Å²) in [5.74, 6) is 0. The topological polar surface area (TPSA) is 48.9 Å². The lowest BCUT2D eigenvalue weighted by atomic mass is 10.2. The van der Waals surface area contributed by atoms with Gasteiger partial charge in [-0.3, -0.25) is 4.98 Å². The number of hydrogen-bond acceptors (Lipinski definition) is 3. The van der Waals surface area contributed by atoms with E-state index in [0.29, 0.717) is 0 Å². The van der Waals surface area contributed by atoms with Gasteiger partial charge in [-0.25, -0.2) is 0 Å². The number of H-pyrrole nitrogens is 1. The van der Waals surface area contributed by atoms with Crippen LogP contribution in [0.5, 0.6) is 0 Å². The molecule has 0 radical (unpaired) electrons. The second-order valence-electron chi connectivity index (χ2n) is 2.43. The van der Waals surface area contributed by atoms with Crippen LogP contribution >= 0.6 is 11.3 Å². The maximum atomic E-state index is 9.71. The Balaban J connectivity index is 2.27. The predicted octanol–water partition coefficient (Wildman–Crippen LogP) is 1.55. The van der Waals surface area contributed by atoms with E-state index in [1.807, 2.05) is 12.1 Å². The summed E-state index contributed by atoms with van der Waals surface area (Å²) in [6, 6.07) is 3.71. The lowest BCUT2D eigenvalue weighted by Crippen LogP contribution is -1.96. The Morgan fingerprint density at radius 2 is 2.50 bits per heavy atom. The van der Waals surface area contributed by atoms with Gasteiger partial charge in [0.05, 0.1) is 10.4 Å². The van der Waals surface area contributed by atoms with Crippen LogP contribution in [0.2, 0.25) is 0 Å². The molecule has 0 aliphatic heterocycles. The second kappa shape index (κ2) is 3.08. The zero-order chi connectivity index (χ0) is 8.39. The van der Waals surface area contributed by atoms with E-state index in [9.17, 15) is 5.11 Å². The van der Waals surface area contributed by atoms with E-state index in [2.05, 4.69) is 9.97 Å². The highest BCUT2D eigenvalue weighted by Gasteiger charge is 2.11. The summed E-state index contributed by atoms with van der Waals surface area (Å²) >= 11 is 1.45. The van der Waals surface area contributed by atoms with Gasteiger partial charge in [-0.15, -0.1) is 11.3 Å². The van der Waals surface area contributed by atoms with Gasteiger partial charge in [0, 0.05) is 18.1 Å². The second-order valence-corrected chi connectivity index (χ2v) is 3.35. The normalized spacial score (nSPS) is 13.1. The molecule has 0 spiro atoms. The molecule has 0 fully saturated rings. The third-order valence-corrected chi connectivity index (χ3v) is 2.47. The highest BCUT2D eigenvalue weighted by Crippen LogP contribution is 2.22. The molecule has 1 unspecified atom stereocenters. The fourth-order valence-corrected chi connectivity index (χ4v) is 1.65. The van der Waals surface area contributed by atoms with E-state index < -0.39 is 6.10 Å². The number of nitrogens with one attached hydrogen (secondary N) is 1. The van der Waals surface area contributed by atoms with Crippen molar-refractivity contribution in [1.29, 1.82) is 0 Å². The Kier molecular flexibility index (Phi) is 1.93. The van der Waals surface area contributed by atoms with Crippen LogP contribution in [0.3, 0.4) is 0 Å². The zero-order valence-electron chi connectivity index (χ0n) is 6.27. The predicted molar refractivity (Wildman–Crippen MR) is 47.0 cm³/mol. The van der Waals surface area contributed by atoms with Crippen molar-refractivity contribution in [3.63, 3.8) is 0 Å². The van der Waals surface area contributed by atoms with E-state index in [1.165, 1.54) is 11.3 Å². The zero-order valence-corrected chi connectivity index (χ0v) is 7.08. The standard InChI is InChI=1S/C8H8N2OS/c11-8(6-2-1-3-10-6)7-4-9-5-12-7/h1-5,8,10-11H. The molecule has 12 heavy (non-hydrogen) atoms. The van der Waals surface area contributed by atoms with Crippen LogP contribution in [0, 0.1) is 0 Å². The Labute approximate surface area is 73.7 Å². The van der Waals surface area contributed by atoms with Gasteiger partial charge in [0.15, 0.2) is 0 Å². The Morgan fingerprint density at radius 1 is 1.58 bits per heavy atom. The molecule has 0 amide bonds. The quantitative estimate of drug-likeness (QED) is 0.736. The van der Waals surface area contributed by atoms with Crippen molar-refractivity contribution in [1.82, 2.24) is 9.97 Å². The molecule has 0 aliphatic rings. The van der Waals surface area contributed by atoms with Crippen molar-refractivity contribution >= 4 is 11.3 Å². The summed E-state index contributed by atoms with van der Waals surface area (Å²) in [5, 5.41) is 9.71. The first-order chi connectivity index (χ1) is 5.88. The van der Waals surface area contributed by atoms with Gasteiger partial charge < -0.3 is 10.1 Å². The first-order valence-corrected chi connectivity index (χ1v) is 4.45. The van der Waals surface area contributed by atoms with Crippen LogP contribution in [0.1, 0.15) is 16.7 Å². The molecule has 2 N–H and O–H groups in total. The molecular formula is C8H8N2OS. The summed E-state index contributed by atoms with van der Waals surface area (Å²) in [6.45, 7) is 0. The van der Waals surface area contributed by atoms with Crippen LogP contribution in [0.4, 0.5) is 0 Å². The summed E-state index contributed by atoms with van der Waals surface area (Å²) < 4.78 is 0. The third kappa shape index (κ3) is 1.26. The van der Waals surface area contributed by atoms with Crippen LogP contribution in [0.25, 0.3) is 0 Å². The molecule has 62 valence electrons. The van der Waals surface area contributed by atoms with E-state index in [1.54, 1.807) is 17.9 Å². The molecule has 1 atom stereocenters. The molecule has 0 aliphatic carbocycles. The third-order valence-electron chi connectivity index (χ3n) is 1.64. The lowest BCUT2D eigenvalue weighted by molar-refractivity contribution is 0.219. The highest BCUT2D eigenvalue weighted by atomic mass is 32.1. The molecule has 0 saturated heterocycles. The maximum Gasteiger partial charge on any atom is 0.129 e. The van der Waals surface area contributed by atoms with E-state index in [4.69, 9.17) is 0 Å². The van der Waals surface area contributed by atoms with Crippen LogP contribution in [-0.4, -0.2) is 15.1 Å². The van der Waals surface area contributed by atoms with Gasteiger partial charge in [-0.1, -0.05) is 0 Å². The maximum absolute atomic E-state index is 9.71. The highest BCUT2D eigenvalue weighted by molar-refractivity contribution is 7.09. The number of aliphatic hydroxyl groups excluding tert-OH is 1. The Bertz CT molecular complexity index is 294. The first-order valence-electron chi connectivity index (χ1n) is 3.57. The number of rotatable bonds is 2. The fraction of sp³-hybridized carbons (Fsp3) is 0.125. The molecule has 2 rings (SSSR count). The van der Waals surface area contributed by atoms with Crippen molar-refractivity contribution in [2.45, 2.75) is 6.10 Å². The van der Waals surface area contributed by atoms with Crippen LogP contribution in [-0.2, 0) is 0 Å². The number of nitrogens with zero attached hydrogens (tertiary/aromatic N) is 1. The Hall–Kier alpha value is -1.13. The number of aromatic amines is 1.